The largest absolute Gasteiger partial charge is 0.481 e. The second-order valence-electron chi connectivity index (χ2n) is 6.56. The molecule has 2 N–H and O–H groups in total. The van der Waals surface area contributed by atoms with Crippen LogP contribution in [0.4, 0.5) is 0 Å². The lowest BCUT2D eigenvalue weighted by Crippen LogP contribution is -2.28. The first-order chi connectivity index (χ1) is 14.4. The Morgan fingerprint density at radius 3 is 2.60 bits per heavy atom. The van der Waals surface area contributed by atoms with Crippen molar-refractivity contribution in [2.45, 2.75) is 17.7 Å². The molecule has 2 aromatic carbocycles. The summed E-state index contributed by atoms with van der Waals surface area (Å²) in [6, 6.07) is 12.4. The van der Waals surface area contributed by atoms with Crippen LogP contribution < -0.4 is 10.2 Å². The molecule has 30 heavy (non-hydrogen) atoms. The van der Waals surface area contributed by atoms with E-state index < -0.39 is 28.5 Å². The SMILES string of the molecule is O=C(O)COc1ccccc1/C=N/NC(=O)c1cccc(S(=O)(=O)N2CCCC2)c1. The predicted molar refractivity (Wildman–Crippen MR) is 109 cm³/mol. The van der Waals surface area contributed by atoms with Crippen molar-refractivity contribution in [3.63, 3.8) is 0 Å². The van der Waals surface area contributed by atoms with Crippen LogP contribution in [-0.4, -0.2) is 55.6 Å². The van der Waals surface area contributed by atoms with Gasteiger partial charge in [-0.3, -0.25) is 4.79 Å². The molecule has 1 fully saturated rings. The van der Waals surface area contributed by atoms with Gasteiger partial charge in [0.25, 0.3) is 5.91 Å². The quantitative estimate of drug-likeness (QED) is 0.484. The van der Waals surface area contributed by atoms with Crippen LogP contribution in [0.15, 0.2) is 58.5 Å². The monoisotopic (exact) mass is 431 g/mol. The molecular formula is C20H21N3O6S. The number of carbonyl (C=O) groups is 2. The third-order valence-electron chi connectivity index (χ3n) is 4.44. The molecule has 0 aliphatic carbocycles. The standard InChI is InChI=1S/C20H21N3O6S/c24-19(25)14-29-18-9-2-1-6-16(18)13-21-22-20(26)15-7-5-8-17(12-15)30(27,28)23-10-3-4-11-23/h1-2,5-9,12-13H,3-4,10-11,14H2,(H,22,26)(H,24,25)/b21-13+. The fourth-order valence-corrected chi connectivity index (χ4v) is 4.52. The maximum atomic E-state index is 12.7. The average molecular weight is 431 g/mol. The van der Waals surface area contributed by atoms with Gasteiger partial charge in [-0.2, -0.15) is 9.41 Å². The zero-order valence-electron chi connectivity index (χ0n) is 16.0. The highest BCUT2D eigenvalue weighted by molar-refractivity contribution is 7.89. The van der Waals surface area contributed by atoms with Gasteiger partial charge < -0.3 is 9.84 Å². The number of nitrogens with zero attached hydrogens (tertiary/aromatic N) is 2. The zero-order chi connectivity index (χ0) is 21.6. The number of para-hydroxylation sites is 1. The highest BCUT2D eigenvalue weighted by atomic mass is 32.2. The van der Waals surface area contributed by atoms with Gasteiger partial charge in [0.2, 0.25) is 10.0 Å². The van der Waals surface area contributed by atoms with E-state index in [0.717, 1.165) is 12.8 Å². The van der Waals surface area contributed by atoms with Gasteiger partial charge in [0.05, 0.1) is 11.1 Å². The molecule has 158 valence electrons. The predicted octanol–water partition coefficient (Wildman–Crippen LogP) is 1.70. The summed E-state index contributed by atoms with van der Waals surface area (Å²) >= 11 is 0. The van der Waals surface area contributed by atoms with Gasteiger partial charge in [0.15, 0.2) is 6.61 Å². The maximum Gasteiger partial charge on any atom is 0.341 e. The fourth-order valence-electron chi connectivity index (χ4n) is 2.96. The maximum absolute atomic E-state index is 12.7. The van der Waals surface area contributed by atoms with E-state index in [-0.39, 0.29) is 10.5 Å². The molecule has 3 rings (SSSR count). The number of carbonyl (C=O) groups excluding carboxylic acids is 1. The Kier molecular flexibility index (Phi) is 6.80. The number of carboxylic acid groups (broad SMARTS) is 1. The van der Waals surface area contributed by atoms with Crippen molar-refractivity contribution in [2.75, 3.05) is 19.7 Å². The van der Waals surface area contributed by atoms with Crippen LogP contribution in [0.2, 0.25) is 0 Å². The number of hydrogen-bond acceptors (Lipinski definition) is 6. The van der Waals surface area contributed by atoms with Crippen molar-refractivity contribution in [1.29, 1.82) is 0 Å². The summed E-state index contributed by atoms with van der Waals surface area (Å²) in [6.45, 7) is 0.453. The highest BCUT2D eigenvalue weighted by Gasteiger charge is 2.27. The van der Waals surface area contributed by atoms with Gasteiger partial charge in [-0.15, -0.1) is 0 Å². The number of amides is 1. The van der Waals surface area contributed by atoms with Crippen molar-refractivity contribution in [2.24, 2.45) is 5.10 Å². The first-order valence-corrected chi connectivity index (χ1v) is 10.7. The van der Waals surface area contributed by atoms with Crippen LogP contribution in [0.3, 0.4) is 0 Å². The van der Waals surface area contributed by atoms with E-state index >= 15 is 0 Å². The second-order valence-corrected chi connectivity index (χ2v) is 8.50. The lowest BCUT2D eigenvalue weighted by atomic mass is 10.2. The molecule has 9 nitrogen and oxygen atoms in total. The zero-order valence-corrected chi connectivity index (χ0v) is 16.8. The van der Waals surface area contributed by atoms with E-state index in [9.17, 15) is 18.0 Å². The number of benzene rings is 2. The Morgan fingerprint density at radius 2 is 1.87 bits per heavy atom. The first-order valence-electron chi connectivity index (χ1n) is 9.25. The van der Waals surface area contributed by atoms with Crippen LogP contribution in [0.1, 0.15) is 28.8 Å². The molecule has 0 saturated carbocycles. The minimum atomic E-state index is -3.63. The van der Waals surface area contributed by atoms with Crippen molar-refractivity contribution < 1.29 is 27.9 Å². The summed E-state index contributed by atoms with van der Waals surface area (Å²) in [5.74, 6) is -1.39. The first kappa shape index (κ1) is 21.5. The van der Waals surface area contributed by atoms with Gasteiger partial charge in [-0.25, -0.2) is 18.6 Å². The summed E-state index contributed by atoms with van der Waals surface area (Å²) in [5.41, 5.74) is 2.97. The summed E-state index contributed by atoms with van der Waals surface area (Å²) in [6.07, 6.45) is 2.97. The molecular weight excluding hydrogens is 410 g/mol. The summed E-state index contributed by atoms with van der Waals surface area (Å²) in [4.78, 5) is 23.1. The van der Waals surface area contributed by atoms with Gasteiger partial charge in [0, 0.05) is 24.2 Å². The molecule has 0 spiro atoms. The molecule has 0 bridgehead atoms. The van der Waals surface area contributed by atoms with E-state index in [1.165, 1.54) is 34.8 Å². The highest BCUT2D eigenvalue weighted by Crippen LogP contribution is 2.21. The number of ether oxygens (including phenoxy) is 1. The van der Waals surface area contributed by atoms with E-state index in [1.807, 2.05) is 0 Å². The van der Waals surface area contributed by atoms with E-state index in [0.29, 0.717) is 24.4 Å². The summed E-state index contributed by atoms with van der Waals surface area (Å²) in [7, 11) is -3.63. The minimum absolute atomic E-state index is 0.0634. The number of hydrazone groups is 1. The molecule has 2 aromatic rings. The number of carboxylic acids is 1. The second kappa shape index (κ2) is 9.51. The van der Waals surface area contributed by atoms with Gasteiger partial charge in [-0.1, -0.05) is 18.2 Å². The lowest BCUT2D eigenvalue weighted by Gasteiger charge is -2.15. The molecule has 10 heteroatoms. The number of sulfonamides is 1. The third-order valence-corrected chi connectivity index (χ3v) is 6.33. The normalized spacial score (nSPS) is 14.7. The third kappa shape index (κ3) is 5.22. The average Bonchev–Trinajstić information content (AvgIpc) is 3.29. The van der Waals surface area contributed by atoms with Gasteiger partial charge >= 0.3 is 5.97 Å². The number of nitrogens with one attached hydrogen (secondary N) is 1. The van der Waals surface area contributed by atoms with Crippen molar-refractivity contribution in [3.8, 4) is 5.75 Å². The Balaban J connectivity index is 1.69. The molecule has 1 saturated heterocycles. The molecule has 1 aliphatic heterocycles. The molecule has 0 unspecified atom stereocenters. The molecule has 0 atom stereocenters. The topological polar surface area (TPSA) is 125 Å². The van der Waals surface area contributed by atoms with E-state index in [2.05, 4.69) is 10.5 Å². The van der Waals surface area contributed by atoms with Crippen LogP contribution >= 0.6 is 0 Å². The smallest absolute Gasteiger partial charge is 0.341 e. The fraction of sp³-hybridized carbons (Fsp3) is 0.250. The van der Waals surface area contributed by atoms with Crippen molar-refractivity contribution >= 4 is 28.1 Å². The lowest BCUT2D eigenvalue weighted by molar-refractivity contribution is -0.139. The number of hydrogen-bond donors (Lipinski definition) is 2. The number of aliphatic carboxylic acids is 1. The molecule has 1 aliphatic rings. The molecule has 1 heterocycles. The Labute approximate surface area is 174 Å². The van der Waals surface area contributed by atoms with Crippen molar-refractivity contribution in [3.05, 3.63) is 59.7 Å². The summed E-state index contributed by atoms with van der Waals surface area (Å²) in [5, 5.41) is 12.6. The van der Waals surface area contributed by atoms with Gasteiger partial charge in [0.1, 0.15) is 5.75 Å². The van der Waals surface area contributed by atoms with Crippen molar-refractivity contribution in [1.82, 2.24) is 9.73 Å². The van der Waals surface area contributed by atoms with Crippen LogP contribution in [-0.2, 0) is 14.8 Å². The van der Waals surface area contributed by atoms with Crippen LogP contribution in [0.25, 0.3) is 0 Å². The van der Waals surface area contributed by atoms with E-state index in [1.54, 1.807) is 24.3 Å². The number of rotatable bonds is 8. The Hall–Kier alpha value is -3.24. The minimum Gasteiger partial charge on any atom is -0.481 e. The van der Waals surface area contributed by atoms with Gasteiger partial charge in [-0.05, 0) is 43.2 Å². The van der Waals surface area contributed by atoms with E-state index in [4.69, 9.17) is 9.84 Å². The summed E-state index contributed by atoms with van der Waals surface area (Å²) < 4.78 is 31.9. The Morgan fingerprint density at radius 1 is 1.13 bits per heavy atom. The molecule has 0 radical (unpaired) electrons. The van der Waals surface area contributed by atoms with Crippen LogP contribution in [0, 0.1) is 0 Å². The molecule has 0 aromatic heterocycles. The van der Waals surface area contributed by atoms with Crippen LogP contribution in [0.5, 0.6) is 5.75 Å². The molecule has 1 amide bonds. The Bertz CT molecular complexity index is 1060.